The molecular weight excluding hydrogens is 507 g/mol. The van der Waals surface area contributed by atoms with Crippen molar-refractivity contribution in [2.45, 2.75) is 11.8 Å². The molecule has 0 heterocycles. The van der Waals surface area contributed by atoms with Crippen LogP contribution in [-0.2, 0) is 19.5 Å². The summed E-state index contributed by atoms with van der Waals surface area (Å²) in [7, 11) is -8.40. The summed E-state index contributed by atoms with van der Waals surface area (Å²) >= 11 is 0. The second-order valence-electron chi connectivity index (χ2n) is 6.75. The second kappa shape index (κ2) is 11.7. The Bertz CT molecular complexity index is 1430. The molecule has 0 radical (unpaired) electrons. The zero-order chi connectivity index (χ0) is 23.8. The summed E-state index contributed by atoms with van der Waals surface area (Å²) in [4.78, 5) is 34.6. The van der Waals surface area contributed by atoms with Crippen LogP contribution < -0.4 is 79.1 Å². The summed E-state index contributed by atoms with van der Waals surface area (Å²) in [5.74, 6) is -0.931. The normalized spacial score (nSPS) is 11.7. The van der Waals surface area contributed by atoms with E-state index in [-0.39, 0.29) is 81.5 Å². The van der Waals surface area contributed by atoms with E-state index < -0.39 is 39.4 Å². The average Bonchev–Trinajstić information content (AvgIpc) is 2.71. The van der Waals surface area contributed by atoms with Crippen LogP contribution in [0.5, 0.6) is 5.75 Å². The van der Waals surface area contributed by atoms with Crippen molar-refractivity contribution >= 4 is 56.8 Å². The van der Waals surface area contributed by atoms with E-state index in [2.05, 4.69) is 10.2 Å². The number of rotatable bonds is 5. The molecule has 0 saturated heterocycles. The molecule has 0 aliphatic carbocycles. The SMILES string of the molecule is CC(=O)N(C)c1ccc2cc(S(=O)(=O)O)c(N=Nc3cccc(P(=O)([O-])[O-])c3)c(O)c2c1.[Na+].[Na+]. The van der Waals surface area contributed by atoms with Gasteiger partial charge in [-0.1, -0.05) is 18.2 Å². The number of carbonyl (C=O) groups excluding carboxylic acids is 1. The summed E-state index contributed by atoms with van der Waals surface area (Å²) < 4.78 is 44.6. The average molecular weight is 523 g/mol. The van der Waals surface area contributed by atoms with E-state index in [1.165, 1.54) is 49.2 Å². The number of hydrogen-bond acceptors (Lipinski definition) is 9. The van der Waals surface area contributed by atoms with Gasteiger partial charge in [-0.3, -0.25) is 9.35 Å². The van der Waals surface area contributed by atoms with Crippen molar-refractivity contribution in [3.63, 3.8) is 0 Å². The number of anilines is 1. The zero-order valence-corrected chi connectivity index (χ0v) is 24.4. The molecule has 0 saturated carbocycles. The first kappa shape index (κ1) is 30.9. The number of azo groups is 1. The Kier molecular flexibility index (Phi) is 10.6. The molecule has 15 heteroatoms. The predicted molar refractivity (Wildman–Crippen MR) is 112 cm³/mol. The Morgan fingerprint density at radius 3 is 2.26 bits per heavy atom. The fourth-order valence-corrected chi connectivity index (χ4v) is 4.06. The third-order valence-corrected chi connectivity index (χ3v) is 6.36. The van der Waals surface area contributed by atoms with Gasteiger partial charge >= 0.3 is 59.1 Å². The molecule has 3 rings (SSSR count). The summed E-state index contributed by atoms with van der Waals surface area (Å²) in [5, 5.41) is 17.9. The first-order chi connectivity index (χ1) is 14.8. The fourth-order valence-electron chi connectivity index (χ4n) is 2.85. The van der Waals surface area contributed by atoms with Crippen molar-refractivity contribution in [3.05, 3.63) is 48.5 Å². The molecule has 0 aliphatic rings. The first-order valence-electron chi connectivity index (χ1n) is 8.85. The molecule has 0 aliphatic heterocycles. The van der Waals surface area contributed by atoms with Gasteiger partial charge in [-0.2, -0.15) is 13.5 Å². The Morgan fingerprint density at radius 1 is 1.06 bits per heavy atom. The number of benzene rings is 3. The van der Waals surface area contributed by atoms with E-state index in [9.17, 15) is 37.2 Å². The number of hydrogen-bond donors (Lipinski definition) is 2. The topological polar surface area (TPSA) is 183 Å². The third kappa shape index (κ3) is 6.96. The van der Waals surface area contributed by atoms with Crippen LogP contribution in [0, 0.1) is 0 Å². The van der Waals surface area contributed by atoms with Gasteiger partial charge in [0.05, 0.1) is 5.69 Å². The van der Waals surface area contributed by atoms with E-state index in [1.807, 2.05) is 0 Å². The Morgan fingerprint density at radius 2 is 1.71 bits per heavy atom. The maximum Gasteiger partial charge on any atom is 1.00 e. The Hall–Kier alpha value is -1.15. The molecule has 0 spiro atoms. The molecule has 2 N–H and O–H groups in total. The number of phenols is 1. The van der Waals surface area contributed by atoms with Crippen molar-refractivity contribution in [1.82, 2.24) is 0 Å². The van der Waals surface area contributed by atoms with Gasteiger partial charge in [-0.15, -0.1) is 5.11 Å². The van der Waals surface area contributed by atoms with Gasteiger partial charge < -0.3 is 24.4 Å². The maximum absolute atomic E-state index is 11.9. The molecule has 34 heavy (non-hydrogen) atoms. The molecule has 1 amide bonds. The minimum atomic E-state index is -5.06. The second-order valence-corrected chi connectivity index (χ2v) is 9.65. The molecule has 168 valence electrons. The van der Waals surface area contributed by atoms with Crippen molar-refractivity contribution < 1.29 is 96.3 Å². The van der Waals surface area contributed by atoms with Gasteiger partial charge in [-0.05, 0) is 48.6 Å². The van der Waals surface area contributed by atoms with Gasteiger partial charge in [0.25, 0.3) is 10.1 Å². The van der Waals surface area contributed by atoms with Gasteiger partial charge in [-0.25, -0.2) is 0 Å². The van der Waals surface area contributed by atoms with Gasteiger partial charge in [0.15, 0.2) is 5.75 Å². The van der Waals surface area contributed by atoms with Crippen LogP contribution in [0.3, 0.4) is 0 Å². The minimum Gasteiger partial charge on any atom is -0.807 e. The predicted octanol–water partition coefficient (Wildman–Crippen LogP) is -4.26. The Labute approximate surface area is 239 Å². The molecule has 0 aromatic heterocycles. The van der Waals surface area contributed by atoms with Gasteiger partial charge in [0.2, 0.25) is 5.91 Å². The number of amides is 1. The molecule has 0 fully saturated rings. The molecule has 3 aromatic rings. The van der Waals surface area contributed by atoms with Crippen LogP contribution in [0.4, 0.5) is 17.1 Å². The molecule has 3 aromatic carbocycles. The summed E-state index contributed by atoms with van der Waals surface area (Å²) in [6, 6.07) is 9.98. The summed E-state index contributed by atoms with van der Waals surface area (Å²) in [6.45, 7) is 1.34. The van der Waals surface area contributed by atoms with Crippen molar-refractivity contribution in [1.29, 1.82) is 0 Å². The van der Waals surface area contributed by atoms with Crippen LogP contribution >= 0.6 is 7.60 Å². The van der Waals surface area contributed by atoms with Crippen molar-refractivity contribution in [3.8, 4) is 5.75 Å². The van der Waals surface area contributed by atoms with Crippen molar-refractivity contribution in [2.75, 3.05) is 11.9 Å². The van der Waals surface area contributed by atoms with Gasteiger partial charge in [0.1, 0.15) is 10.6 Å². The number of fused-ring (bicyclic) bond motifs is 1. The number of aromatic hydroxyl groups is 1. The quantitative estimate of drug-likeness (QED) is 0.146. The van der Waals surface area contributed by atoms with E-state index in [4.69, 9.17) is 0 Å². The maximum atomic E-state index is 11.9. The van der Waals surface area contributed by atoms with E-state index >= 15 is 0 Å². The van der Waals surface area contributed by atoms with Gasteiger partial charge in [0, 0.05) is 25.0 Å². The number of carbonyl (C=O) groups is 1. The van der Waals surface area contributed by atoms with Crippen LogP contribution in [0.15, 0.2) is 63.7 Å². The standard InChI is InChI=1S/C19H18N3O8PS.2Na/c1-11(23)22(2)14-7-6-12-8-17(32(28,29)30)18(19(24)16(12)10-14)21-20-13-4-3-5-15(9-13)31(25,26)27;;/h3-10,24H,1-2H3,(H2,25,26,27)(H,28,29,30);;/q;2*+1/p-2. The smallest absolute Gasteiger partial charge is 0.807 e. The summed E-state index contributed by atoms with van der Waals surface area (Å²) in [6.07, 6.45) is 0. The van der Waals surface area contributed by atoms with E-state index in [0.29, 0.717) is 5.69 Å². The van der Waals surface area contributed by atoms with Crippen LogP contribution in [0.25, 0.3) is 10.8 Å². The molecular formula is C19H16N3Na2O8PS. The third-order valence-electron chi connectivity index (χ3n) is 4.59. The molecule has 11 nitrogen and oxygen atoms in total. The minimum absolute atomic E-state index is 0. The largest absolute Gasteiger partial charge is 1.00 e. The number of nitrogens with zero attached hydrogens (tertiary/aromatic N) is 3. The zero-order valence-electron chi connectivity index (χ0n) is 18.7. The van der Waals surface area contributed by atoms with Crippen LogP contribution in [0.1, 0.15) is 6.92 Å². The fraction of sp³-hybridized carbons (Fsp3) is 0.105. The van der Waals surface area contributed by atoms with E-state index in [0.717, 1.165) is 18.2 Å². The molecule has 0 unspecified atom stereocenters. The van der Waals surface area contributed by atoms with Crippen molar-refractivity contribution in [2.24, 2.45) is 10.2 Å². The molecule has 0 bridgehead atoms. The molecule has 0 atom stereocenters. The number of phenolic OH excluding ortho intramolecular Hbond substituents is 1. The summed E-state index contributed by atoms with van der Waals surface area (Å²) in [5.41, 5.74) is -0.321. The Balaban J connectivity index is 0.00000289. The first-order valence-corrected chi connectivity index (χ1v) is 11.8. The van der Waals surface area contributed by atoms with Crippen LogP contribution in [0.2, 0.25) is 0 Å². The van der Waals surface area contributed by atoms with Crippen LogP contribution in [-0.4, -0.2) is 31.0 Å². The van der Waals surface area contributed by atoms with E-state index in [1.54, 1.807) is 0 Å². The monoisotopic (exact) mass is 523 g/mol.